The van der Waals surface area contributed by atoms with E-state index in [0.29, 0.717) is 28.7 Å². The van der Waals surface area contributed by atoms with Gasteiger partial charge in [-0.05, 0) is 49.9 Å². The fourth-order valence-electron chi connectivity index (χ4n) is 2.43. The third-order valence-electron chi connectivity index (χ3n) is 3.87. The molecule has 3 N–H and O–H groups in total. The van der Waals surface area contributed by atoms with Crippen LogP contribution in [0.5, 0.6) is 0 Å². The first-order chi connectivity index (χ1) is 10.1. The van der Waals surface area contributed by atoms with Crippen LogP contribution in [-0.4, -0.2) is 15.8 Å². The van der Waals surface area contributed by atoms with Crippen LogP contribution in [0.4, 0.5) is 16.0 Å². The highest BCUT2D eigenvalue weighted by Gasteiger charge is 2.23. The maximum Gasteiger partial charge on any atom is 0.168 e. The summed E-state index contributed by atoms with van der Waals surface area (Å²) in [6, 6.07) is 6.84. The van der Waals surface area contributed by atoms with Crippen molar-refractivity contribution >= 4 is 11.6 Å². The Balaban J connectivity index is 2.04. The van der Waals surface area contributed by atoms with Gasteiger partial charge < -0.3 is 11.1 Å². The van der Waals surface area contributed by atoms with Crippen LogP contribution in [0.15, 0.2) is 18.2 Å². The van der Waals surface area contributed by atoms with Crippen LogP contribution >= 0.6 is 0 Å². The van der Waals surface area contributed by atoms with Crippen LogP contribution in [0.25, 0.3) is 5.69 Å². The number of anilines is 2. The lowest BCUT2D eigenvalue weighted by Gasteiger charge is -2.26. The Bertz CT molecular complexity index is 724. The topological polar surface area (TPSA) is 79.7 Å². The summed E-state index contributed by atoms with van der Waals surface area (Å²) in [7, 11) is 0. The van der Waals surface area contributed by atoms with Gasteiger partial charge in [0.15, 0.2) is 5.82 Å². The second-order valence-electron chi connectivity index (χ2n) is 5.34. The van der Waals surface area contributed by atoms with Crippen molar-refractivity contribution in [2.24, 2.45) is 0 Å². The van der Waals surface area contributed by atoms with E-state index in [9.17, 15) is 9.65 Å². The number of hydrogen-bond acceptors (Lipinski definition) is 4. The highest BCUT2D eigenvalue weighted by atomic mass is 19.1. The number of nitrogens with one attached hydrogen (secondary N) is 1. The molecule has 2 aromatic rings. The highest BCUT2D eigenvalue weighted by Crippen LogP contribution is 2.29. The lowest BCUT2D eigenvalue weighted by molar-refractivity contribution is 0.444. The molecule has 1 aromatic carbocycles. The van der Waals surface area contributed by atoms with E-state index in [0.717, 1.165) is 12.8 Å². The molecule has 0 spiro atoms. The van der Waals surface area contributed by atoms with E-state index in [-0.39, 0.29) is 11.6 Å². The summed E-state index contributed by atoms with van der Waals surface area (Å²) in [4.78, 5) is 0. The number of nitrogen functional groups attached to an aromatic ring is 1. The Hall–Kier alpha value is -2.55. The second kappa shape index (κ2) is 5.09. The van der Waals surface area contributed by atoms with Crippen molar-refractivity contribution in [1.29, 1.82) is 5.26 Å². The molecule has 0 amide bonds. The molecular formula is C15H16FN5. The normalized spacial score (nSPS) is 14.5. The molecule has 1 heterocycles. The summed E-state index contributed by atoms with van der Waals surface area (Å²) >= 11 is 0. The first-order valence-electron chi connectivity index (χ1n) is 6.92. The van der Waals surface area contributed by atoms with Crippen LogP contribution in [0.3, 0.4) is 0 Å². The van der Waals surface area contributed by atoms with E-state index in [4.69, 9.17) is 5.73 Å². The van der Waals surface area contributed by atoms with Gasteiger partial charge in [-0.3, -0.25) is 0 Å². The van der Waals surface area contributed by atoms with E-state index in [1.807, 2.05) is 0 Å². The zero-order chi connectivity index (χ0) is 15.0. The lowest BCUT2D eigenvalue weighted by Crippen LogP contribution is -2.27. The number of nitriles is 1. The van der Waals surface area contributed by atoms with Gasteiger partial charge in [-0.1, -0.05) is 0 Å². The van der Waals surface area contributed by atoms with Crippen molar-refractivity contribution in [3.05, 3.63) is 35.1 Å². The van der Waals surface area contributed by atoms with E-state index in [2.05, 4.69) is 16.5 Å². The molecule has 0 saturated heterocycles. The average Bonchev–Trinajstić information content (AvgIpc) is 2.70. The molecule has 1 saturated carbocycles. The van der Waals surface area contributed by atoms with E-state index < -0.39 is 0 Å². The summed E-state index contributed by atoms with van der Waals surface area (Å²) < 4.78 is 14.7. The third kappa shape index (κ3) is 2.31. The Morgan fingerprint density at radius 2 is 2.24 bits per heavy atom. The predicted molar refractivity (Wildman–Crippen MR) is 78.6 cm³/mol. The number of halogens is 1. The van der Waals surface area contributed by atoms with Gasteiger partial charge in [0.2, 0.25) is 0 Å². The molecule has 1 aromatic heterocycles. The van der Waals surface area contributed by atoms with E-state index >= 15 is 0 Å². The van der Waals surface area contributed by atoms with Gasteiger partial charge in [0.25, 0.3) is 0 Å². The smallest absolute Gasteiger partial charge is 0.168 e. The van der Waals surface area contributed by atoms with Gasteiger partial charge in [-0.25, -0.2) is 9.07 Å². The Morgan fingerprint density at radius 1 is 1.48 bits per heavy atom. The van der Waals surface area contributed by atoms with Crippen molar-refractivity contribution in [2.75, 3.05) is 11.1 Å². The van der Waals surface area contributed by atoms with Gasteiger partial charge in [-0.2, -0.15) is 5.26 Å². The van der Waals surface area contributed by atoms with Crippen molar-refractivity contribution in [3.8, 4) is 11.8 Å². The number of aryl methyl sites for hydroxylation is 1. The van der Waals surface area contributed by atoms with Gasteiger partial charge in [-0.15, -0.1) is 5.10 Å². The molecule has 3 rings (SSSR count). The maximum absolute atomic E-state index is 13.2. The van der Waals surface area contributed by atoms with Crippen LogP contribution in [0.2, 0.25) is 0 Å². The summed E-state index contributed by atoms with van der Waals surface area (Å²) in [5.41, 5.74) is 7.76. The molecule has 1 aliphatic rings. The minimum atomic E-state index is -0.310. The molecule has 108 valence electrons. The average molecular weight is 285 g/mol. The molecule has 5 nitrogen and oxygen atoms in total. The van der Waals surface area contributed by atoms with Gasteiger partial charge >= 0.3 is 0 Å². The molecule has 0 aliphatic heterocycles. The lowest BCUT2D eigenvalue weighted by atomic mass is 9.93. The van der Waals surface area contributed by atoms with E-state index in [1.165, 1.54) is 23.2 Å². The molecule has 0 atom stereocenters. The van der Waals surface area contributed by atoms with Crippen LogP contribution in [0, 0.1) is 24.1 Å². The number of benzene rings is 1. The molecule has 6 heteroatoms. The monoisotopic (exact) mass is 285 g/mol. The molecule has 1 aliphatic carbocycles. The zero-order valence-electron chi connectivity index (χ0n) is 11.7. The minimum absolute atomic E-state index is 0.272. The Morgan fingerprint density at radius 3 is 2.81 bits per heavy atom. The minimum Gasteiger partial charge on any atom is -0.382 e. The van der Waals surface area contributed by atoms with Crippen LogP contribution < -0.4 is 11.1 Å². The van der Waals surface area contributed by atoms with Gasteiger partial charge in [0, 0.05) is 6.04 Å². The summed E-state index contributed by atoms with van der Waals surface area (Å²) in [5.74, 6) is 0.466. The number of aromatic nitrogens is 2. The summed E-state index contributed by atoms with van der Waals surface area (Å²) in [6.45, 7) is 1.78. The predicted octanol–water partition coefficient (Wildman–Crippen LogP) is 2.74. The number of rotatable bonds is 3. The SMILES string of the molecule is Cc1cc(F)ccc1-n1nc(NC2CCC2)c(C#N)c1N. The third-order valence-corrected chi connectivity index (χ3v) is 3.87. The van der Waals surface area contributed by atoms with Crippen molar-refractivity contribution in [2.45, 2.75) is 32.2 Å². The molecule has 0 radical (unpaired) electrons. The molecule has 1 fully saturated rings. The first-order valence-corrected chi connectivity index (χ1v) is 6.92. The largest absolute Gasteiger partial charge is 0.382 e. The standard InChI is InChI=1S/C15H16FN5/c1-9-7-10(16)5-6-13(9)21-14(18)12(8-17)15(20-21)19-11-3-2-4-11/h5-7,11H,2-4,18H2,1H3,(H,19,20). The van der Waals surface area contributed by atoms with Gasteiger partial charge in [0.05, 0.1) is 5.69 Å². The van der Waals surface area contributed by atoms with Gasteiger partial charge in [0.1, 0.15) is 23.3 Å². The number of nitrogens with two attached hydrogens (primary N) is 1. The second-order valence-corrected chi connectivity index (χ2v) is 5.34. The first kappa shape index (κ1) is 13.4. The van der Waals surface area contributed by atoms with Crippen LogP contribution in [0.1, 0.15) is 30.4 Å². The molecule has 0 unspecified atom stereocenters. The number of hydrogen-bond donors (Lipinski definition) is 2. The number of nitrogens with zero attached hydrogens (tertiary/aromatic N) is 3. The van der Waals surface area contributed by atoms with Crippen molar-refractivity contribution in [1.82, 2.24) is 9.78 Å². The Labute approximate surface area is 122 Å². The fourth-order valence-corrected chi connectivity index (χ4v) is 2.43. The maximum atomic E-state index is 13.2. The molecule has 0 bridgehead atoms. The highest BCUT2D eigenvalue weighted by molar-refractivity contribution is 5.67. The summed E-state index contributed by atoms with van der Waals surface area (Å²) in [5, 5.41) is 16.9. The fraction of sp³-hybridized carbons (Fsp3) is 0.333. The quantitative estimate of drug-likeness (QED) is 0.908. The van der Waals surface area contributed by atoms with E-state index in [1.54, 1.807) is 13.0 Å². The van der Waals surface area contributed by atoms with Crippen molar-refractivity contribution in [3.63, 3.8) is 0 Å². The zero-order valence-corrected chi connectivity index (χ0v) is 11.7. The Kier molecular flexibility index (Phi) is 3.26. The summed E-state index contributed by atoms with van der Waals surface area (Å²) in [6.07, 6.45) is 3.34. The molecular weight excluding hydrogens is 269 g/mol. The van der Waals surface area contributed by atoms with Crippen LogP contribution in [-0.2, 0) is 0 Å². The van der Waals surface area contributed by atoms with Crippen molar-refractivity contribution < 1.29 is 4.39 Å². The molecule has 21 heavy (non-hydrogen) atoms.